The van der Waals surface area contributed by atoms with E-state index in [0.717, 1.165) is 22.2 Å². The van der Waals surface area contributed by atoms with Crippen molar-refractivity contribution in [3.8, 4) is 6.07 Å². The maximum absolute atomic E-state index is 13.1. The molecule has 29 heavy (non-hydrogen) atoms. The van der Waals surface area contributed by atoms with E-state index in [-0.39, 0.29) is 15.7 Å². The Labute approximate surface area is 172 Å². The average molecular weight is 448 g/mol. The van der Waals surface area contributed by atoms with E-state index in [9.17, 15) is 14.7 Å². The van der Waals surface area contributed by atoms with Crippen LogP contribution in [0.3, 0.4) is 0 Å². The monoisotopic (exact) mass is 448 g/mol. The first-order chi connectivity index (χ1) is 14.0. The van der Waals surface area contributed by atoms with Crippen LogP contribution in [0.25, 0.3) is 10.9 Å². The Hall–Kier alpha value is -3.36. The van der Waals surface area contributed by atoms with Crippen molar-refractivity contribution in [3.05, 3.63) is 64.8 Å². The molecule has 0 atom stereocenters. The molecule has 1 aliphatic rings. The summed E-state index contributed by atoms with van der Waals surface area (Å²) < 4.78 is 2.39. The van der Waals surface area contributed by atoms with E-state index in [1.165, 1.54) is 13.2 Å². The van der Waals surface area contributed by atoms with Gasteiger partial charge < -0.3 is 0 Å². The number of aromatic carboxylic acids is 1. The van der Waals surface area contributed by atoms with Gasteiger partial charge in [-0.3, -0.25) is 0 Å². The number of oxime groups is 1. The van der Waals surface area contributed by atoms with E-state index >= 15 is 0 Å². The summed E-state index contributed by atoms with van der Waals surface area (Å²) in [6.07, 6.45) is 0.642. The number of carboxylic acid groups (broad SMARTS) is 1. The van der Waals surface area contributed by atoms with Gasteiger partial charge in [-0.05, 0) is 0 Å². The van der Waals surface area contributed by atoms with E-state index < -0.39 is 21.7 Å². The summed E-state index contributed by atoms with van der Waals surface area (Å²) in [7, 11) is 1.51. The van der Waals surface area contributed by atoms with Crippen LogP contribution in [0.4, 0.5) is 0 Å². The van der Waals surface area contributed by atoms with E-state index in [1.54, 1.807) is 12.1 Å². The second kappa shape index (κ2) is 7.57. The van der Waals surface area contributed by atoms with E-state index in [1.807, 2.05) is 34.9 Å². The van der Waals surface area contributed by atoms with Crippen LogP contribution in [-0.4, -0.2) is 48.8 Å². The molecule has 2 aromatic carbocycles. The summed E-state index contributed by atoms with van der Waals surface area (Å²) in [5, 5.41) is 23.5. The fourth-order valence-electron chi connectivity index (χ4n) is 3.57. The minimum absolute atomic E-state index is 0.0161. The molecule has 1 aromatic heterocycles. The SMILES string of the molecule is CO/N=C1\CCn2c(C(=O)[As]c3ccc(C#N)cc3C(=O)O)cc3cccc1c32. The summed E-state index contributed by atoms with van der Waals surface area (Å²) in [4.78, 5) is 29.7. The Bertz CT molecular complexity index is 1240. The molecular weight excluding hydrogens is 433 g/mol. The van der Waals surface area contributed by atoms with E-state index in [2.05, 4.69) is 5.16 Å². The Morgan fingerprint density at radius 2 is 2.10 bits per heavy atom. The summed E-state index contributed by atoms with van der Waals surface area (Å²) in [5.74, 6) is -1.13. The van der Waals surface area contributed by atoms with Crippen molar-refractivity contribution in [2.75, 3.05) is 7.11 Å². The number of carbonyl (C=O) groups excluding carboxylic acids is 1. The zero-order chi connectivity index (χ0) is 20.5. The van der Waals surface area contributed by atoms with Gasteiger partial charge in [0.05, 0.1) is 0 Å². The Morgan fingerprint density at radius 3 is 2.83 bits per heavy atom. The molecule has 7 nitrogen and oxygen atoms in total. The average Bonchev–Trinajstić information content (AvgIpc) is 3.10. The van der Waals surface area contributed by atoms with Gasteiger partial charge >= 0.3 is 173 Å². The van der Waals surface area contributed by atoms with Crippen molar-refractivity contribution < 1.29 is 19.5 Å². The van der Waals surface area contributed by atoms with Crippen LogP contribution in [0.5, 0.6) is 0 Å². The molecule has 0 aliphatic carbocycles. The van der Waals surface area contributed by atoms with Gasteiger partial charge in [0, 0.05) is 0 Å². The van der Waals surface area contributed by atoms with Crippen LogP contribution in [0, 0.1) is 11.3 Å². The number of para-hydroxylation sites is 1. The molecule has 1 aliphatic heterocycles. The van der Waals surface area contributed by atoms with Crippen molar-refractivity contribution in [1.29, 1.82) is 5.26 Å². The summed E-state index contributed by atoms with van der Waals surface area (Å²) in [5.41, 5.74) is 3.58. The Balaban J connectivity index is 1.76. The molecule has 0 spiro atoms. The van der Waals surface area contributed by atoms with Gasteiger partial charge in [-0.15, -0.1) is 0 Å². The standard InChI is InChI=1S/C21H15AsN3O4/c1-29-24-17-7-8-25-18(10-13-3-2-4-14(17)19(13)25)20(26)22-16-6-5-12(11-23)9-15(16)21(27)28/h2-6,9-10H,7-8H2,1H3,(H,27,28)/b24-17+. The quantitative estimate of drug-likeness (QED) is 0.476. The van der Waals surface area contributed by atoms with Gasteiger partial charge in [-0.25, -0.2) is 0 Å². The van der Waals surface area contributed by atoms with Crippen molar-refractivity contribution in [2.45, 2.75) is 13.0 Å². The number of hydrogen-bond acceptors (Lipinski definition) is 5. The van der Waals surface area contributed by atoms with Crippen molar-refractivity contribution in [1.82, 2.24) is 4.57 Å². The molecule has 0 saturated carbocycles. The number of benzene rings is 2. The Morgan fingerprint density at radius 1 is 1.28 bits per heavy atom. The zero-order valence-corrected chi connectivity index (χ0v) is 17.3. The number of hydrogen-bond donors (Lipinski definition) is 1. The van der Waals surface area contributed by atoms with Gasteiger partial charge in [0.15, 0.2) is 0 Å². The number of rotatable bonds is 5. The first-order valence-electron chi connectivity index (χ1n) is 8.79. The van der Waals surface area contributed by atoms with Gasteiger partial charge in [0.1, 0.15) is 0 Å². The molecule has 0 unspecified atom stereocenters. The van der Waals surface area contributed by atoms with Crippen LogP contribution in [-0.2, 0) is 11.4 Å². The number of nitrogens with zero attached hydrogens (tertiary/aromatic N) is 3. The predicted molar refractivity (Wildman–Crippen MR) is 108 cm³/mol. The number of carboxylic acids is 1. The minimum atomic E-state index is -1.13. The van der Waals surface area contributed by atoms with Crippen LogP contribution >= 0.6 is 0 Å². The number of aryl methyl sites for hydroxylation is 1. The predicted octanol–water partition coefficient (Wildman–Crippen LogP) is 2.14. The topological polar surface area (TPSA) is 105 Å². The molecule has 2 heterocycles. The summed E-state index contributed by atoms with van der Waals surface area (Å²) in [6, 6.07) is 14.1. The van der Waals surface area contributed by atoms with Gasteiger partial charge in [-0.1, -0.05) is 0 Å². The number of nitriles is 1. The van der Waals surface area contributed by atoms with Crippen LogP contribution in [0.15, 0.2) is 47.6 Å². The van der Waals surface area contributed by atoms with Crippen molar-refractivity contribution >= 4 is 47.3 Å². The molecule has 3 aromatic rings. The van der Waals surface area contributed by atoms with Gasteiger partial charge in [0.25, 0.3) is 0 Å². The molecule has 8 heteroatoms. The molecule has 0 bridgehead atoms. The first-order valence-corrected chi connectivity index (χ1v) is 10.7. The number of aromatic nitrogens is 1. The second-order valence-corrected chi connectivity index (χ2v) is 8.79. The molecule has 0 fully saturated rings. The van der Waals surface area contributed by atoms with Crippen molar-refractivity contribution in [2.24, 2.45) is 5.16 Å². The maximum atomic E-state index is 13.1. The van der Waals surface area contributed by atoms with Crippen molar-refractivity contribution in [3.63, 3.8) is 0 Å². The third-order valence-electron chi connectivity index (χ3n) is 4.80. The van der Waals surface area contributed by atoms with Gasteiger partial charge in [0.2, 0.25) is 0 Å². The molecule has 0 saturated heterocycles. The fraction of sp³-hybridized carbons (Fsp3) is 0.143. The first kappa shape index (κ1) is 19.0. The van der Waals surface area contributed by atoms with Crippen LogP contribution in [0.2, 0.25) is 0 Å². The summed E-state index contributed by atoms with van der Waals surface area (Å²) in [6.45, 7) is 0.601. The van der Waals surface area contributed by atoms with Crippen LogP contribution in [0.1, 0.15) is 38.4 Å². The molecule has 4 rings (SSSR count). The molecule has 1 N–H and O–H groups in total. The van der Waals surface area contributed by atoms with E-state index in [4.69, 9.17) is 10.1 Å². The second-order valence-electron chi connectivity index (χ2n) is 6.46. The summed E-state index contributed by atoms with van der Waals surface area (Å²) >= 11 is -1.08. The molecule has 143 valence electrons. The Kier molecular flexibility index (Phi) is 4.96. The zero-order valence-electron chi connectivity index (χ0n) is 15.4. The fourth-order valence-corrected chi connectivity index (χ4v) is 5.56. The molecular formula is C21H15AsN3O4. The van der Waals surface area contributed by atoms with Crippen LogP contribution < -0.4 is 4.35 Å². The van der Waals surface area contributed by atoms with Gasteiger partial charge in [-0.2, -0.15) is 0 Å². The molecule has 1 radical (unpaired) electrons. The normalized spacial score (nSPS) is 14.4. The van der Waals surface area contributed by atoms with E-state index in [0.29, 0.717) is 23.0 Å². The third-order valence-corrected chi connectivity index (χ3v) is 7.03. The molecule has 0 amide bonds. The number of carbonyl (C=O) groups is 2. The third kappa shape index (κ3) is 3.32.